The maximum atomic E-state index is 12.9. The molecular formula is C23H27NO3. The Balaban J connectivity index is 1.69. The van der Waals surface area contributed by atoms with E-state index in [-0.39, 0.29) is 24.3 Å². The Morgan fingerprint density at radius 2 is 1.85 bits per heavy atom. The van der Waals surface area contributed by atoms with Crippen LogP contribution in [0.3, 0.4) is 0 Å². The van der Waals surface area contributed by atoms with Crippen molar-refractivity contribution < 1.29 is 14.3 Å². The summed E-state index contributed by atoms with van der Waals surface area (Å²) >= 11 is 0. The first-order valence-electron chi connectivity index (χ1n) is 9.64. The Hall–Kier alpha value is -2.62. The van der Waals surface area contributed by atoms with E-state index in [2.05, 4.69) is 31.2 Å². The summed E-state index contributed by atoms with van der Waals surface area (Å²) in [6.07, 6.45) is 4.30. The van der Waals surface area contributed by atoms with E-state index in [9.17, 15) is 9.59 Å². The van der Waals surface area contributed by atoms with Crippen molar-refractivity contribution >= 4 is 11.7 Å². The lowest BCUT2D eigenvalue weighted by molar-refractivity contribution is -0.135. The molecule has 1 atom stereocenters. The molecule has 142 valence electrons. The Kier molecular flexibility index (Phi) is 6.28. The summed E-state index contributed by atoms with van der Waals surface area (Å²) in [5.41, 5.74) is 3.06. The van der Waals surface area contributed by atoms with Crippen LogP contribution in [0, 0.1) is 6.92 Å². The number of aryl methyl sites for hydroxylation is 1. The molecule has 0 radical (unpaired) electrons. The second-order valence-corrected chi connectivity index (χ2v) is 7.24. The van der Waals surface area contributed by atoms with E-state index in [0.717, 1.165) is 32.2 Å². The molecule has 3 rings (SSSR count). The van der Waals surface area contributed by atoms with E-state index in [1.165, 1.54) is 18.1 Å². The summed E-state index contributed by atoms with van der Waals surface area (Å²) in [6.45, 7) is 4.40. The van der Waals surface area contributed by atoms with E-state index in [1.807, 2.05) is 4.90 Å². The lowest BCUT2D eigenvalue weighted by Gasteiger charge is -2.30. The average molecular weight is 365 g/mol. The molecule has 27 heavy (non-hydrogen) atoms. The Bertz CT molecular complexity index is 798. The van der Waals surface area contributed by atoms with Gasteiger partial charge in [0.25, 0.3) is 5.91 Å². The van der Waals surface area contributed by atoms with E-state index < -0.39 is 0 Å². The van der Waals surface area contributed by atoms with Gasteiger partial charge in [0.1, 0.15) is 5.75 Å². The minimum atomic E-state index is 0.0130. The van der Waals surface area contributed by atoms with E-state index >= 15 is 0 Å². The summed E-state index contributed by atoms with van der Waals surface area (Å²) in [7, 11) is 0. The van der Waals surface area contributed by atoms with Crippen LogP contribution in [-0.2, 0) is 4.79 Å². The number of rotatable bonds is 5. The number of benzene rings is 2. The molecule has 1 aliphatic rings. The monoisotopic (exact) mass is 365 g/mol. The van der Waals surface area contributed by atoms with Crippen LogP contribution < -0.4 is 4.74 Å². The van der Waals surface area contributed by atoms with Crippen molar-refractivity contribution in [2.45, 2.75) is 45.6 Å². The molecule has 4 nitrogen and oxygen atoms in total. The van der Waals surface area contributed by atoms with Crippen LogP contribution in [0.5, 0.6) is 5.75 Å². The smallest absolute Gasteiger partial charge is 0.261 e. The van der Waals surface area contributed by atoms with Gasteiger partial charge in [0, 0.05) is 12.1 Å². The summed E-state index contributed by atoms with van der Waals surface area (Å²) in [6, 6.07) is 15.5. The standard InChI is InChI=1S/C23H27NO3/c1-17-7-6-8-20(15-17)22-9-4-3-5-14-24(22)23(26)16-27-21-12-10-19(11-13-21)18(2)25/h6-8,10-13,15,22H,3-5,9,14,16H2,1-2H3. The number of ether oxygens (including phenoxy) is 1. The second kappa shape index (κ2) is 8.85. The van der Waals surface area contributed by atoms with Crippen molar-refractivity contribution in [3.63, 3.8) is 0 Å². The van der Waals surface area contributed by atoms with Crippen molar-refractivity contribution in [1.82, 2.24) is 4.90 Å². The van der Waals surface area contributed by atoms with Crippen LogP contribution >= 0.6 is 0 Å². The van der Waals surface area contributed by atoms with Crippen molar-refractivity contribution in [2.75, 3.05) is 13.2 Å². The van der Waals surface area contributed by atoms with Crippen LogP contribution in [0.1, 0.15) is 60.1 Å². The minimum absolute atomic E-state index is 0.0130. The zero-order chi connectivity index (χ0) is 19.2. The normalized spacial score (nSPS) is 17.3. The summed E-state index contributed by atoms with van der Waals surface area (Å²) < 4.78 is 5.70. The SMILES string of the molecule is CC(=O)c1ccc(OCC(=O)N2CCCCCC2c2cccc(C)c2)cc1. The predicted octanol–water partition coefficient (Wildman–Crippen LogP) is 4.72. The molecule has 4 heteroatoms. The summed E-state index contributed by atoms with van der Waals surface area (Å²) in [4.78, 5) is 26.2. The highest BCUT2D eigenvalue weighted by Gasteiger charge is 2.27. The maximum Gasteiger partial charge on any atom is 0.261 e. The zero-order valence-electron chi connectivity index (χ0n) is 16.1. The first kappa shape index (κ1) is 19.2. The number of Topliss-reactive ketones (excluding diaryl/α,β-unsaturated/α-hetero) is 1. The van der Waals surface area contributed by atoms with Crippen LogP contribution in [0.15, 0.2) is 48.5 Å². The molecule has 1 fully saturated rings. The van der Waals surface area contributed by atoms with Crippen LogP contribution in [-0.4, -0.2) is 29.7 Å². The zero-order valence-corrected chi connectivity index (χ0v) is 16.1. The largest absolute Gasteiger partial charge is 0.484 e. The fourth-order valence-corrected chi connectivity index (χ4v) is 3.64. The Morgan fingerprint density at radius 3 is 2.56 bits per heavy atom. The molecular weight excluding hydrogens is 338 g/mol. The molecule has 2 aromatic carbocycles. The Morgan fingerprint density at radius 1 is 1.07 bits per heavy atom. The van der Waals surface area contributed by atoms with Gasteiger partial charge in [-0.3, -0.25) is 9.59 Å². The summed E-state index contributed by atoms with van der Waals surface area (Å²) in [5, 5.41) is 0. The van der Waals surface area contributed by atoms with Crippen molar-refractivity contribution in [1.29, 1.82) is 0 Å². The van der Waals surface area contributed by atoms with Gasteiger partial charge in [-0.1, -0.05) is 42.7 Å². The third kappa shape index (κ3) is 4.97. The number of carbonyl (C=O) groups excluding carboxylic acids is 2. The molecule has 1 heterocycles. The van der Waals surface area contributed by atoms with Gasteiger partial charge in [-0.25, -0.2) is 0 Å². The van der Waals surface area contributed by atoms with Gasteiger partial charge in [0.15, 0.2) is 12.4 Å². The van der Waals surface area contributed by atoms with E-state index in [1.54, 1.807) is 24.3 Å². The molecule has 0 spiro atoms. The number of hydrogen-bond acceptors (Lipinski definition) is 3. The van der Waals surface area contributed by atoms with Gasteiger partial charge in [-0.05, 0) is 56.5 Å². The molecule has 0 bridgehead atoms. The number of ketones is 1. The molecule has 0 aromatic heterocycles. The molecule has 1 aliphatic heterocycles. The van der Waals surface area contributed by atoms with Crippen LogP contribution in [0.25, 0.3) is 0 Å². The summed E-state index contributed by atoms with van der Waals surface area (Å²) in [5.74, 6) is 0.637. The molecule has 0 N–H and O–H groups in total. The number of likely N-dealkylation sites (tertiary alicyclic amines) is 1. The molecule has 1 amide bonds. The number of carbonyl (C=O) groups is 2. The topological polar surface area (TPSA) is 46.6 Å². The average Bonchev–Trinajstić information content (AvgIpc) is 2.92. The highest BCUT2D eigenvalue weighted by molar-refractivity contribution is 5.94. The Labute approximate surface area is 161 Å². The minimum Gasteiger partial charge on any atom is -0.484 e. The van der Waals surface area contributed by atoms with Gasteiger partial charge in [0.05, 0.1) is 6.04 Å². The third-order valence-electron chi connectivity index (χ3n) is 5.12. The highest BCUT2D eigenvalue weighted by Crippen LogP contribution is 2.30. The first-order chi connectivity index (χ1) is 13.0. The second-order valence-electron chi connectivity index (χ2n) is 7.24. The quantitative estimate of drug-likeness (QED) is 0.720. The van der Waals surface area contributed by atoms with E-state index in [4.69, 9.17) is 4.74 Å². The van der Waals surface area contributed by atoms with Gasteiger partial charge in [-0.2, -0.15) is 0 Å². The van der Waals surface area contributed by atoms with Gasteiger partial charge >= 0.3 is 0 Å². The molecule has 0 saturated carbocycles. The molecule has 2 aromatic rings. The lowest BCUT2D eigenvalue weighted by Crippen LogP contribution is -2.38. The number of amides is 1. The first-order valence-corrected chi connectivity index (χ1v) is 9.64. The van der Waals surface area contributed by atoms with Crippen molar-refractivity contribution in [3.8, 4) is 5.75 Å². The third-order valence-corrected chi connectivity index (χ3v) is 5.12. The van der Waals surface area contributed by atoms with Gasteiger partial charge < -0.3 is 9.64 Å². The van der Waals surface area contributed by atoms with Gasteiger partial charge in [-0.15, -0.1) is 0 Å². The van der Waals surface area contributed by atoms with E-state index in [0.29, 0.717) is 11.3 Å². The van der Waals surface area contributed by atoms with Gasteiger partial charge in [0.2, 0.25) is 0 Å². The van der Waals surface area contributed by atoms with Crippen LogP contribution in [0.2, 0.25) is 0 Å². The molecule has 1 unspecified atom stereocenters. The lowest BCUT2D eigenvalue weighted by atomic mass is 9.99. The van der Waals surface area contributed by atoms with Crippen molar-refractivity contribution in [3.05, 3.63) is 65.2 Å². The fraction of sp³-hybridized carbons (Fsp3) is 0.391. The van der Waals surface area contributed by atoms with Crippen LogP contribution in [0.4, 0.5) is 0 Å². The maximum absolute atomic E-state index is 12.9. The van der Waals surface area contributed by atoms with Crippen molar-refractivity contribution in [2.24, 2.45) is 0 Å². The molecule has 0 aliphatic carbocycles. The molecule has 1 saturated heterocycles. The highest BCUT2D eigenvalue weighted by atomic mass is 16.5. The fourth-order valence-electron chi connectivity index (χ4n) is 3.64. The predicted molar refractivity (Wildman–Crippen MR) is 106 cm³/mol. The number of hydrogen-bond donors (Lipinski definition) is 0. The number of nitrogens with zero attached hydrogens (tertiary/aromatic N) is 1.